The lowest BCUT2D eigenvalue weighted by Gasteiger charge is -2.21. The summed E-state index contributed by atoms with van der Waals surface area (Å²) in [5, 5.41) is 19.5. The van der Waals surface area contributed by atoms with Crippen LogP contribution in [0.15, 0.2) is 65.8 Å². The molecule has 0 aliphatic carbocycles. The molecule has 3 N–H and O–H groups in total. The summed E-state index contributed by atoms with van der Waals surface area (Å²) in [6, 6.07) is 19.3. The number of hydrogen-bond donors (Lipinski definition) is 3. The van der Waals surface area contributed by atoms with E-state index >= 15 is 0 Å². The Kier molecular flexibility index (Phi) is 6.68. The Balaban J connectivity index is 1.57. The number of nitrogens with one attached hydrogen (secondary N) is 2. The zero-order valence-electron chi connectivity index (χ0n) is 16.7. The van der Waals surface area contributed by atoms with Gasteiger partial charge in [-0.2, -0.15) is 5.10 Å². The molecule has 0 saturated carbocycles. The number of fused-ring (bicyclic) bond motifs is 1. The predicted octanol–water partition coefficient (Wildman–Crippen LogP) is 3.95. The van der Waals surface area contributed by atoms with Gasteiger partial charge in [0, 0.05) is 41.5 Å². The van der Waals surface area contributed by atoms with Gasteiger partial charge in [-0.25, -0.2) is 5.43 Å². The average molecular weight is 390 g/mol. The van der Waals surface area contributed by atoms with E-state index in [9.17, 15) is 9.90 Å². The fraction of sp³-hybridized carbons (Fsp3) is 0.217. The zero-order chi connectivity index (χ0) is 20.6. The minimum Gasteiger partial charge on any atom is -0.507 e. The fourth-order valence-electron chi connectivity index (χ4n) is 3.20. The number of aromatic hydroxyl groups is 1. The quantitative estimate of drug-likeness (QED) is 0.402. The maximum atomic E-state index is 12.1. The Morgan fingerprint density at radius 1 is 1.07 bits per heavy atom. The van der Waals surface area contributed by atoms with Crippen molar-refractivity contribution in [1.82, 2.24) is 5.43 Å². The van der Waals surface area contributed by atoms with Gasteiger partial charge in [-0.05, 0) is 37.4 Å². The lowest BCUT2D eigenvalue weighted by molar-refractivity contribution is -0.119. The number of anilines is 2. The Bertz CT molecular complexity index is 1010. The summed E-state index contributed by atoms with van der Waals surface area (Å²) in [5.41, 5.74) is 4.87. The summed E-state index contributed by atoms with van der Waals surface area (Å²) in [5.74, 6) is -0.144. The van der Waals surface area contributed by atoms with Crippen LogP contribution in [0.5, 0.6) is 5.75 Å². The molecular weight excluding hydrogens is 364 g/mol. The first-order valence-corrected chi connectivity index (χ1v) is 9.73. The molecule has 3 aromatic carbocycles. The molecule has 0 bridgehead atoms. The largest absolute Gasteiger partial charge is 0.507 e. The van der Waals surface area contributed by atoms with E-state index in [1.807, 2.05) is 48.5 Å². The second kappa shape index (κ2) is 9.59. The van der Waals surface area contributed by atoms with Crippen LogP contribution in [0.1, 0.15) is 19.4 Å². The molecule has 150 valence electrons. The highest BCUT2D eigenvalue weighted by molar-refractivity contribution is 5.95. The number of phenolic OH excluding ortho intramolecular Hbond substituents is 1. The average Bonchev–Trinajstić information content (AvgIpc) is 2.74. The monoisotopic (exact) mass is 390 g/mol. The SMILES string of the molecule is CCN(CC)c1ccc(C=NNC(=O)CNc2cccc3ccccc23)c(O)c1. The Hall–Kier alpha value is -3.54. The summed E-state index contributed by atoms with van der Waals surface area (Å²) < 4.78 is 0. The van der Waals surface area contributed by atoms with E-state index < -0.39 is 0 Å². The van der Waals surface area contributed by atoms with Crippen molar-refractivity contribution >= 4 is 34.3 Å². The van der Waals surface area contributed by atoms with Crippen molar-refractivity contribution in [3.05, 3.63) is 66.2 Å². The summed E-state index contributed by atoms with van der Waals surface area (Å²) >= 11 is 0. The second-order valence-corrected chi connectivity index (χ2v) is 6.59. The lowest BCUT2D eigenvalue weighted by Crippen LogP contribution is -2.26. The zero-order valence-corrected chi connectivity index (χ0v) is 16.7. The first-order chi connectivity index (χ1) is 14.1. The normalized spacial score (nSPS) is 11.0. The van der Waals surface area contributed by atoms with Gasteiger partial charge >= 0.3 is 0 Å². The first-order valence-electron chi connectivity index (χ1n) is 9.73. The molecule has 1 amide bonds. The van der Waals surface area contributed by atoms with Crippen LogP contribution in [0.4, 0.5) is 11.4 Å². The number of rotatable bonds is 8. The van der Waals surface area contributed by atoms with E-state index in [2.05, 4.69) is 34.6 Å². The highest BCUT2D eigenvalue weighted by Gasteiger charge is 2.06. The van der Waals surface area contributed by atoms with Crippen LogP contribution in [-0.4, -0.2) is 36.9 Å². The molecule has 6 nitrogen and oxygen atoms in total. The standard InChI is InChI=1S/C23H26N4O2/c1-3-27(4-2)19-13-12-18(22(28)14-19)15-25-26-23(29)16-24-21-11-7-9-17-8-5-6-10-20(17)21/h5-15,24,28H,3-4,16H2,1-2H3,(H,26,29). The molecule has 0 saturated heterocycles. The van der Waals surface area contributed by atoms with Crippen LogP contribution in [0.2, 0.25) is 0 Å². The number of hydrogen-bond acceptors (Lipinski definition) is 5. The molecule has 29 heavy (non-hydrogen) atoms. The predicted molar refractivity (Wildman–Crippen MR) is 120 cm³/mol. The van der Waals surface area contributed by atoms with Crippen molar-refractivity contribution in [2.75, 3.05) is 29.9 Å². The number of nitrogens with zero attached hydrogens (tertiary/aromatic N) is 2. The van der Waals surface area contributed by atoms with Gasteiger partial charge in [0.25, 0.3) is 5.91 Å². The van der Waals surface area contributed by atoms with Crippen LogP contribution in [0, 0.1) is 0 Å². The van der Waals surface area contributed by atoms with Crippen LogP contribution < -0.4 is 15.6 Å². The fourth-order valence-corrected chi connectivity index (χ4v) is 3.20. The van der Waals surface area contributed by atoms with Crippen LogP contribution in [0.3, 0.4) is 0 Å². The van der Waals surface area contributed by atoms with Gasteiger partial charge in [0.05, 0.1) is 12.8 Å². The molecule has 0 aliphatic heterocycles. The van der Waals surface area contributed by atoms with Crippen molar-refractivity contribution in [3.8, 4) is 5.75 Å². The number of hydrazone groups is 1. The van der Waals surface area contributed by atoms with Gasteiger partial charge in [-0.15, -0.1) is 0 Å². The van der Waals surface area contributed by atoms with E-state index in [0.29, 0.717) is 5.56 Å². The van der Waals surface area contributed by atoms with Crippen molar-refractivity contribution in [1.29, 1.82) is 0 Å². The first kappa shape index (κ1) is 20.2. The highest BCUT2D eigenvalue weighted by atomic mass is 16.3. The molecule has 0 radical (unpaired) electrons. The molecule has 0 aromatic heterocycles. The highest BCUT2D eigenvalue weighted by Crippen LogP contribution is 2.24. The second-order valence-electron chi connectivity index (χ2n) is 6.59. The van der Waals surface area contributed by atoms with Crippen LogP contribution >= 0.6 is 0 Å². The number of carbonyl (C=O) groups excluding carboxylic acids is 1. The molecule has 3 aromatic rings. The summed E-state index contributed by atoms with van der Waals surface area (Å²) in [6.07, 6.45) is 1.44. The minimum atomic E-state index is -0.270. The Morgan fingerprint density at radius 2 is 1.83 bits per heavy atom. The number of amides is 1. The van der Waals surface area contributed by atoms with Gasteiger partial charge in [-0.3, -0.25) is 4.79 Å². The van der Waals surface area contributed by atoms with E-state index in [-0.39, 0.29) is 18.2 Å². The molecule has 0 fully saturated rings. The number of benzene rings is 3. The molecule has 0 spiro atoms. The molecule has 3 rings (SSSR count). The molecule has 0 heterocycles. The molecule has 0 aliphatic rings. The lowest BCUT2D eigenvalue weighted by atomic mass is 10.1. The van der Waals surface area contributed by atoms with Crippen LogP contribution in [-0.2, 0) is 4.79 Å². The summed E-state index contributed by atoms with van der Waals surface area (Å²) in [7, 11) is 0. The minimum absolute atomic E-state index is 0.0955. The van der Waals surface area contributed by atoms with E-state index in [1.165, 1.54) is 6.21 Å². The van der Waals surface area contributed by atoms with Crippen LogP contribution in [0.25, 0.3) is 10.8 Å². The molecular formula is C23H26N4O2. The van der Waals surface area contributed by atoms with Crippen molar-refractivity contribution in [2.24, 2.45) is 5.10 Å². The van der Waals surface area contributed by atoms with E-state index in [0.717, 1.165) is 35.2 Å². The maximum Gasteiger partial charge on any atom is 0.259 e. The topological polar surface area (TPSA) is 77.0 Å². The maximum absolute atomic E-state index is 12.1. The van der Waals surface area contributed by atoms with Crippen molar-refractivity contribution in [2.45, 2.75) is 13.8 Å². The molecule has 0 atom stereocenters. The number of carbonyl (C=O) groups is 1. The van der Waals surface area contributed by atoms with E-state index in [1.54, 1.807) is 12.1 Å². The molecule has 0 unspecified atom stereocenters. The third-order valence-electron chi connectivity index (χ3n) is 4.76. The van der Waals surface area contributed by atoms with Gasteiger partial charge < -0.3 is 15.3 Å². The Morgan fingerprint density at radius 3 is 2.59 bits per heavy atom. The van der Waals surface area contributed by atoms with Gasteiger partial charge in [0.2, 0.25) is 0 Å². The molecule has 6 heteroatoms. The smallest absolute Gasteiger partial charge is 0.259 e. The summed E-state index contributed by atoms with van der Waals surface area (Å²) in [4.78, 5) is 14.2. The summed E-state index contributed by atoms with van der Waals surface area (Å²) in [6.45, 7) is 5.96. The number of phenols is 1. The van der Waals surface area contributed by atoms with E-state index in [4.69, 9.17) is 0 Å². The van der Waals surface area contributed by atoms with Gasteiger partial charge in [0.15, 0.2) is 0 Å². The van der Waals surface area contributed by atoms with Gasteiger partial charge in [0.1, 0.15) is 5.75 Å². The third kappa shape index (κ3) is 5.04. The van der Waals surface area contributed by atoms with Crippen molar-refractivity contribution < 1.29 is 9.90 Å². The van der Waals surface area contributed by atoms with Crippen molar-refractivity contribution in [3.63, 3.8) is 0 Å². The third-order valence-corrected chi connectivity index (χ3v) is 4.76. The van der Waals surface area contributed by atoms with Gasteiger partial charge in [-0.1, -0.05) is 36.4 Å². The Labute approximate surface area is 170 Å².